The molecule has 1 aromatic rings. The molecule has 0 saturated carbocycles. The second kappa shape index (κ2) is 2.98. The second-order valence-electron chi connectivity index (χ2n) is 3.09. The molecule has 1 radical (unpaired) electrons. The molecule has 0 saturated heterocycles. The van der Waals surface area contributed by atoms with Crippen molar-refractivity contribution in [3.8, 4) is 6.07 Å². The molecule has 1 aliphatic carbocycles. The highest BCUT2D eigenvalue weighted by Gasteiger charge is 2.11. The zero-order chi connectivity index (χ0) is 8.39. The molecule has 1 heteroatoms. The predicted octanol–water partition coefficient (Wildman–Crippen LogP) is 2.25. The van der Waals surface area contributed by atoms with Gasteiger partial charge in [-0.3, -0.25) is 0 Å². The lowest BCUT2D eigenvalue weighted by molar-refractivity contribution is 0.826. The molecule has 2 rings (SSSR count). The van der Waals surface area contributed by atoms with Crippen molar-refractivity contribution in [2.45, 2.75) is 19.3 Å². The van der Waals surface area contributed by atoms with Crippen LogP contribution >= 0.6 is 0 Å². The zero-order valence-electron chi connectivity index (χ0n) is 6.88. The largest absolute Gasteiger partial charge is 0.192 e. The highest BCUT2D eigenvalue weighted by Crippen LogP contribution is 2.22. The Balaban J connectivity index is 2.53. The van der Waals surface area contributed by atoms with Crippen molar-refractivity contribution in [3.05, 3.63) is 41.3 Å². The lowest BCUT2D eigenvalue weighted by Gasteiger charge is -2.15. The molecule has 1 aliphatic rings. The molecule has 0 aromatic heterocycles. The molecule has 1 nitrogen and oxygen atoms in total. The minimum atomic E-state index is 0.862. The highest BCUT2D eigenvalue weighted by atomic mass is 14.3. The van der Waals surface area contributed by atoms with Crippen LogP contribution in [0.5, 0.6) is 0 Å². The van der Waals surface area contributed by atoms with E-state index in [2.05, 4.69) is 18.6 Å². The van der Waals surface area contributed by atoms with Gasteiger partial charge >= 0.3 is 0 Å². The monoisotopic (exact) mass is 156 g/mol. The average molecular weight is 156 g/mol. The molecule has 12 heavy (non-hydrogen) atoms. The topological polar surface area (TPSA) is 23.8 Å². The number of benzene rings is 1. The van der Waals surface area contributed by atoms with Crippen molar-refractivity contribution in [3.63, 3.8) is 0 Å². The van der Waals surface area contributed by atoms with Crippen molar-refractivity contribution in [2.24, 2.45) is 0 Å². The predicted molar refractivity (Wildman–Crippen MR) is 47.5 cm³/mol. The summed E-state index contributed by atoms with van der Waals surface area (Å²) in [7, 11) is 0. The summed E-state index contributed by atoms with van der Waals surface area (Å²) in [4.78, 5) is 0. The van der Waals surface area contributed by atoms with E-state index in [-0.39, 0.29) is 0 Å². The van der Waals surface area contributed by atoms with E-state index in [1.807, 2.05) is 12.1 Å². The van der Waals surface area contributed by atoms with E-state index in [1.165, 1.54) is 11.1 Å². The smallest absolute Gasteiger partial charge is 0.0994 e. The number of nitrogens with zero attached hydrogens (tertiary/aromatic N) is 1. The van der Waals surface area contributed by atoms with Crippen molar-refractivity contribution in [1.82, 2.24) is 0 Å². The zero-order valence-corrected chi connectivity index (χ0v) is 6.88. The third-order valence-electron chi connectivity index (χ3n) is 2.36. The summed E-state index contributed by atoms with van der Waals surface area (Å²) in [5.74, 6) is 0. The van der Waals surface area contributed by atoms with Crippen LogP contribution in [0.25, 0.3) is 0 Å². The maximum Gasteiger partial charge on any atom is 0.0994 e. The molecule has 0 N–H and O–H groups in total. The standard InChI is InChI=1S/C11H10N/c12-8-10-6-3-5-9-4-1-2-7-11(9)10/h1,3,5-6H,2,4,7H2. The molecule has 0 aliphatic heterocycles. The summed E-state index contributed by atoms with van der Waals surface area (Å²) in [5, 5.41) is 8.83. The van der Waals surface area contributed by atoms with Crippen LogP contribution in [0.4, 0.5) is 0 Å². The Morgan fingerprint density at radius 3 is 3.08 bits per heavy atom. The van der Waals surface area contributed by atoms with Crippen LogP contribution in [0.2, 0.25) is 0 Å². The summed E-state index contributed by atoms with van der Waals surface area (Å²) < 4.78 is 0. The fourth-order valence-electron chi connectivity index (χ4n) is 1.73. The number of fused-ring (bicyclic) bond motifs is 1. The molecule has 0 unspecified atom stereocenters. The molecule has 0 spiro atoms. The molecule has 0 heterocycles. The second-order valence-corrected chi connectivity index (χ2v) is 3.09. The summed E-state index contributed by atoms with van der Waals surface area (Å²) in [6, 6.07) is 8.23. The Kier molecular flexibility index (Phi) is 1.83. The maximum atomic E-state index is 8.83. The third-order valence-corrected chi connectivity index (χ3v) is 2.36. The van der Waals surface area contributed by atoms with E-state index in [0.717, 1.165) is 24.8 Å². The number of nitriles is 1. The van der Waals surface area contributed by atoms with Crippen LogP contribution in [0.1, 0.15) is 23.1 Å². The number of hydrogen-bond donors (Lipinski definition) is 0. The van der Waals surface area contributed by atoms with Gasteiger partial charge in [0.1, 0.15) is 0 Å². The van der Waals surface area contributed by atoms with E-state index in [4.69, 9.17) is 5.26 Å². The normalized spacial score (nSPS) is 14.9. The number of rotatable bonds is 0. The first kappa shape index (κ1) is 7.36. The summed E-state index contributed by atoms with van der Waals surface area (Å²) in [6.07, 6.45) is 5.47. The van der Waals surface area contributed by atoms with E-state index in [9.17, 15) is 0 Å². The van der Waals surface area contributed by atoms with Crippen LogP contribution < -0.4 is 0 Å². The lowest BCUT2D eigenvalue weighted by Crippen LogP contribution is -2.04. The van der Waals surface area contributed by atoms with E-state index >= 15 is 0 Å². The summed E-state index contributed by atoms with van der Waals surface area (Å²) in [5.41, 5.74) is 3.46. The van der Waals surface area contributed by atoms with Crippen LogP contribution in [-0.2, 0) is 12.8 Å². The molecule has 0 atom stereocenters. The van der Waals surface area contributed by atoms with Gasteiger partial charge in [-0.25, -0.2) is 0 Å². The van der Waals surface area contributed by atoms with Gasteiger partial charge in [0, 0.05) is 0 Å². The van der Waals surface area contributed by atoms with Crippen molar-refractivity contribution in [2.75, 3.05) is 0 Å². The maximum absolute atomic E-state index is 8.83. The van der Waals surface area contributed by atoms with E-state index < -0.39 is 0 Å². The molecular weight excluding hydrogens is 146 g/mol. The third kappa shape index (κ3) is 1.10. The van der Waals surface area contributed by atoms with Gasteiger partial charge in [-0.05, 0) is 42.9 Å². The lowest BCUT2D eigenvalue weighted by atomic mass is 9.89. The number of hydrogen-bond acceptors (Lipinski definition) is 1. The quantitative estimate of drug-likeness (QED) is 0.565. The van der Waals surface area contributed by atoms with E-state index in [0.29, 0.717) is 0 Å². The Hall–Kier alpha value is -1.29. The Bertz CT molecular complexity index is 333. The van der Waals surface area contributed by atoms with Gasteiger partial charge < -0.3 is 0 Å². The average Bonchev–Trinajstić information content (AvgIpc) is 2.17. The van der Waals surface area contributed by atoms with Gasteiger partial charge in [0.05, 0.1) is 11.6 Å². The SMILES string of the molecule is N#Cc1cccc2c1CC[CH]C2. The summed E-state index contributed by atoms with van der Waals surface area (Å²) >= 11 is 0. The van der Waals surface area contributed by atoms with Gasteiger partial charge in [-0.2, -0.15) is 5.26 Å². The van der Waals surface area contributed by atoms with Crippen LogP contribution in [0.3, 0.4) is 0 Å². The minimum Gasteiger partial charge on any atom is -0.192 e. The summed E-state index contributed by atoms with van der Waals surface area (Å²) in [6.45, 7) is 0. The molecule has 0 fully saturated rings. The highest BCUT2D eigenvalue weighted by molar-refractivity contribution is 5.44. The first-order valence-corrected chi connectivity index (χ1v) is 4.24. The first-order valence-electron chi connectivity index (χ1n) is 4.24. The van der Waals surface area contributed by atoms with Crippen molar-refractivity contribution >= 4 is 0 Å². The molecule has 0 bridgehead atoms. The molecule has 0 amide bonds. The van der Waals surface area contributed by atoms with Crippen LogP contribution in [-0.4, -0.2) is 0 Å². The Morgan fingerprint density at radius 2 is 2.25 bits per heavy atom. The van der Waals surface area contributed by atoms with Gasteiger partial charge in [-0.1, -0.05) is 12.1 Å². The van der Waals surface area contributed by atoms with Crippen molar-refractivity contribution in [1.29, 1.82) is 5.26 Å². The molecular formula is C11H10N. The van der Waals surface area contributed by atoms with Gasteiger partial charge in [0.15, 0.2) is 0 Å². The fraction of sp³-hybridized carbons (Fsp3) is 0.273. The molecule has 1 aromatic carbocycles. The van der Waals surface area contributed by atoms with Crippen LogP contribution in [0.15, 0.2) is 18.2 Å². The van der Waals surface area contributed by atoms with Gasteiger partial charge in [-0.15, -0.1) is 0 Å². The first-order chi connectivity index (χ1) is 5.92. The molecule has 59 valence electrons. The van der Waals surface area contributed by atoms with Gasteiger partial charge in [0.2, 0.25) is 0 Å². The van der Waals surface area contributed by atoms with E-state index in [1.54, 1.807) is 0 Å². The Labute approximate surface area is 72.6 Å². The van der Waals surface area contributed by atoms with Crippen LogP contribution in [0, 0.1) is 17.8 Å². The Morgan fingerprint density at radius 1 is 1.33 bits per heavy atom. The van der Waals surface area contributed by atoms with Crippen molar-refractivity contribution < 1.29 is 0 Å². The fourth-order valence-corrected chi connectivity index (χ4v) is 1.73. The van der Waals surface area contributed by atoms with Gasteiger partial charge in [0.25, 0.3) is 0 Å². The minimum absolute atomic E-state index is 0.862.